The van der Waals surface area contributed by atoms with Crippen LogP contribution in [0, 0.1) is 5.82 Å². The summed E-state index contributed by atoms with van der Waals surface area (Å²) >= 11 is 0. The van der Waals surface area contributed by atoms with Crippen molar-refractivity contribution in [1.29, 1.82) is 0 Å². The zero-order valence-electron chi connectivity index (χ0n) is 15.2. The van der Waals surface area contributed by atoms with Crippen LogP contribution in [-0.4, -0.2) is 29.9 Å². The molecule has 0 fully saturated rings. The van der Waals surface area contributed by atoms with Crippen molar-refractivity contribution in [3.8, 4) is 5.75 Å². The van der Waals surface area contributed by atoms with Gasteiger partial charge in [0.25, 0.3) is 5.91 Å². The van der Waals surface area contributed by atoms with Crippen LogP contribution < -0.4 is 10.1 Å². The largest absolute Gasteiger partial charge is 0.479 e. The zero-order valence-corrected chi connectivity index (χ0v) is 15.2. The number of benzene rings is 2. The number of rotatable bonds is 7. The number of carbonyl (C=O) groups excluding carboxylic acids is 3. The van der Waals surface area contributed by atoms with Crippen molar-refractivity contribution in [1.82, 2.24) is 0 Å². The molecule has 142 valence electrons. The number of amides is 1. The maximum Gasteiger partial charge on any atom is 0.347 e. The lowest BCUT2D eigenvalue weighted by atomic mass is 10.1. The molecule has 0 aromatic heterocycles. The third-order valence-corrected chi connectivity index (χ3v) is 3.66. The first-order valence-corrected chi connectivity index (χ1v) is 8.31. The van der Waals surface area contributed by atoms with Gasteiger partial charge in [-0.05, 0) is 57.2 Å². The summed E-state index contributed by atoms with van der Waals surface area (Å²) in [5, 5.41) is 2.59. The van der Waals surface area contributed by atoms with Crippen molar-refractivity contribution >= 4 is 23.3 Å². The zero-order chi connectivity index (χ0) is 20.0. The number of nitrogens with one attached hydrogen (secondary N) is 1. The van der Waals surface area contributed by atoms with Gasteiger partial charge in [-0.3, -0.25) is 9.59 Å². The Bertz CT molecular complexity index is 835. The van der Waals surface area contributed by atoms with Crippen molar-refractivity contribution < 1.29 is 28.2 Å². The van der Waals surface area contributed by atoms with E-state index < -0.39 is 29.9 Å². The van der Waals surface area contributed by atoms with Gasteiger partial charge in [0.2, 0.25) is 0 Å². The number of ketones is 1. The minimum Gasteiger partial charge on any atom is -0.479 e. The van der Waals surface area contributed by atoms with Gasteiger partial charge in [-0.1, -0.05) is 12.1 Å². The Morgan fingerprint density at radius 1 is 1.00 bits per heavy atom. The van der Waals surface area contributed by atoms with Gasteiger partial charge in [0, 0.05) is 11.3 Å². The normalized spacial score (nSPS) is 12.6. The molecule has 7 heteroatoms. The molecule has 0 saturated carbocycles. The first kappa shape index (κ1) is 20.1. The van der Waals surface area contributed by atoms with E-state index in [-0.39, 0.29) is 5.78 Å². The van der Waals surface area contributed by atoms with E-state index in [2.05, 4.69) is 5.32 Å². The van der Waals surface area contributed by atoms with E-state index in [4.69, 9.17) is 9.47 Å². The third kappa shape index (κ3) is 5.91. The lowest BCUT2D eigenvalue weighted by Gasteiger charge is -2.18. The SMILES string of the molecule is CC(=O)c1cccc(NC(=O)[C@@H](C)OC(=O)[C@@H](C)Oc2ccc(F)cc2)c1. The second kappa shape index (κ2) is 8.93. The summed E-state index contributed by atoms with van der Waals surface area (Å²) in [6.45, 7) is 4.31. The fourth-order valence-electron chi connectivity index (χ4n) is 2.15. The highest BCUT2D eigenvalue weighted by molar-refractivity contribution is 5.98. The molecule has 0 radical (unpaired) electrons. The van der Waals surface area contributed by atoms with Crippen LogP contribution in [0.25, 0.3) is 0 Å². The molecule has 1 amide bonds. The maximum atomic E-state index is 12.9. The molecule has 0 aliphatic heterocycles. The number of anilines is 1. The molecule has 6 nitrogen and oxygen atoms in total. The van der Waals surface area contributed by atoms with Crippen molar-refractivity contribution in [3.63, 3.8) is 0 Å². The molecule has 0 spiro atoms. The van der Waals surface area contributed by atoms with Crippen LogP contribution in [-0.2, 0) is 14.3 Å². The Labute approximate surface area is 156 Å². The maximum absolute atomic E-state index is 12.9. The summed E-state index contributed by atoms with van der Waals surface area (Å²) in [6, 6.07) is 11.6. The fourth-order valence-corrected chi connectivity index (χ4v) is 2.15. The highest BCUT2D eigenvalue weighted by Crippen LogP contribution is 2.15. The van der Waals surface area contributed by atoms with Crippen LogP contribution in [0.15, 0.2) is 48.5 Å². The molecule has 0 bridgehead atoms. The molecular formula is C20H20FNO5. The summed E-state index contributed by atoms with van der Waals surface area (Å²) in [4.78, 5) is 35.7. The number of Topliss-reactive ketones (excluding diaryl/α,β-unsaturated/α-hetero) is 1. The molecular weight excluding hydrogens is 353 g/mol. The van der Waals surface area contributed by atoms with Crippen LogP contribution in [0.3, 0.4) is 0 Å². The third-order valence-electron chi connectivity index (χ3n) is 3.66. The van der Waals surface area contributed by atoms with Crippen molar-refractivity contribution in [2.24, 2.45) is 0 Å². The molecule has 0 saturated heterocycles. The standard InChI is InChI=1S/C20H20FNO5/c1-12(23)15-5-4-6-17(11-15)22-19(24)13(2)27-20(25)14(3)26-18-9-7-16(21)8-10-18/h4-11,13-14H,1-3H3,(H,22,24)/t13-,14-/m1/s1. The highest BCUT2D eigenvalue weighted by Gasteiger charge is 2.23. The van der Waals surface area contributed by atoms with Crippen LogP contribution in [0.5, 0.6) is 5.75 Å². The molecule has 2 aromatic rings. The molecule has 2 atom stereocenters. The van der Waals surface area contributed by atoms with Gasteiger partial charge in [0.1, 0.15) is 11.6 Å². The molecule has 2 aromatic carbocycles. The summed E-state index contributed by atoms with van der Waals surface area (Å²) in [7, 11) is 0. The average molecular weight is 373 g/mol. The summed E-state index contributed by atoms with van der Waals surface area (Å²) in [5.74, 6) is -1.52. The second-order valence-corrected chi connectivity index (χ2v) is 5.92. The highest BCUT2D eigenvalue weighted by atomic mass is 19.1. The molecule has 2 rings (SSSR count). The predicted octanol–water partition coefficient (Wildman–Crippen LogP) is 3.37. The van der Waals surface area contributed by atoms with Crippen molar-refractivity contribution in [3.05, 3.63) is 59.9 Å². The Kier molecular flexibility index (Phi) is 6.65. The summed E-state index contributed by atoms with van der Waals surface area (Å²) in [6.07, 6.45) is -2.05. The summed E-state index contributed by atoms with van der Waals surface area (Å²) in [5.41, 5.74) is 0.880. The number of ether oxygens (including phenoxy) is 2. The Morgan fingerprint density at radius 2 is 1.67 bits per heavy atom. The minimum absolute atomic E-state index is 0.127. The quantitative estimate of drug-likeness (QED) is 0.594. The topological polar surface area (TPSA) is 81.7 Å². The Morgan fingerprint density at radius 3 is 2.30 bits per heavy atom. The van der Waals surface area contributed by atoms with E-state index in [0.29, 0.717) is 17.0 Å². The average Bonchev–Trinajstić information content (AvgIpc) is 2.63. The Hall–Kier alpha value is -3.22. The fraction of sp³-hybridized carbons (Fsp3) is 0.250. The molecule has 1 N–H and O–H groups in total. The van der Waals surface area contributed by atoms with E-state index in [1.165, 1.54) is 51.1 Å². The van der Waals surface area contributed by atoms with Crippen molar-refractivity contribution in [2.75, 3.05) is 5.32 Å². The molecule has 27 heavy (non-hydrogen) atoms. The van der Waals surface area contributed by atoms with Crippen LogP contribution in [0.4, 0.5) is 10.1 Å². The van der Waals surface area contributed by atoms with Gasteiger partial charge < -0.3 is 14.8 Å². The van der Waals surface area contributed by atoms with E-state index in [1.54, 1.807) is 18.2 Å². The number of esters is 1. The molecule has 0 aliphatic rings. The molecule has 0 aliphatic carbocycles. The predicted molar refractivity (Wildman–Crippen MR) is 97.1 cm³/mol. The minimum atomic E-state index is -1.07. The second-order valence-electron chi connectivity index (χ2n) is 5.92. The number of halogens is 1. The van der Waals surface area contributed by atoms with Gasteiger partial charge in [-0.15, -0.1) is 0 Å². The van der Waals surface area contributed by atoms with Gasteiger partial charge in [0.05, 0.1) is 0 Å². The lowest BCUT2D eigenvalue weighted by molar-refractivity contribution is -0.159. The van der Waals surface area contributed by atoms with Gasteiger partial charge in [-0.2, -0.15) is 0 Å². The molecule has 0 heterocycles. The number of hydrogen-bond acceptors (Lipinski definition) is 5. The number of carbonyl (C=O) groups is 3. The van der Waals surface area contributed by atoms with Crippen LogP contribution in [0.1, 0.15) is 31.1 Å². The molecule has 0 unspecified atom stereocenters. The van der Waals surface area contributed by atoms with Crippen molar-refractivity contribution in [2.45, 2.75) is 33.0 Å². The Balaban J connectivity index is 1.90. The first-order chi connectivity index (χ1) is 12.8. The van der Waals surface area contributed by atoms with Gasteiger partial charge in [-0.25, -0.2) is 9.18 Å². The van der Waals surface area contributed by atoms with E-state index >= 15 is 0 Å². The lowest BCUT2D eigenvalue weighted by Crippen LogP contribution is -2.35. The van der Waals surface area contributed by atoms with E-state index in [1.807, 2.05) is 0 Å². The van der Waals surface area contributed by atoms with Gasteiger partial charge >= 0.3 is 5.97 Å². The van der Waals surface area contributed by atoms with Crippen LogP contribution >= 0.6 is 0 Å². The van der Waals surface area contributed by atoms with E-state index in [0.717, 1.165) is 0 Å². The van der Waals surface area contributed by atoms with Gasteiger partial charge in [0.15, 0.2) is 18.0 Å². The monoisotopic (exact) mass is 373 g/mol. The first-order valence-electron chi connectivity index (χ1n) is 8.31. The summed E-state index contributed by atoms with van der Waals surface area (Å²) < 4.78 is 23.3. The number of hydrogen-bond donors (Lipinski definition) is 1. The van der Waals surface area contributed by atoms with E-state index in [9.17, 15) is 18.8 Å². The van der Waals surface area contributed by atoms with Crippen LogP contribution in [0.2, 0.25) is 0 Å². The smallest absolute Gasteiger partial charge is 0.347 e.